The molecule has 0 unspecified atom stereocenters. The number of allylic oxidation sites excluding steroid dienone is 4. The summed E-state index contributed by atoms with van der Waals surface area (Å²) in [4.78, 5) is 31.3. The van der Waals surface area contributed by atoms with Crippen molar-refractivity contribution in [3.8, 4) is 0 Å². The maximum Gasteiger partial charge on any atom is 0.248 e. The van der Waals surface area contributed by atoms with E-state index in [2.05, 4.69) is 25.7 Å². The number of rotatable bonds is 9. The van der Waals surface area contributed by atoms with Gasteiger partial charge in [0, 0.05) is 25.1 Å². The normalized spacial score (nSPS) is 11.6. The van der Waals surface area contributed by atoms with Crippen molar-refractivity contribution in [2.75, 3.05) is 18.9 Å². The third-order valence-corrected chi connectivity index (χ3v) is 3.43. The van der Waals surface area contributed by atoms with Crippen LogP contribution >= 0.6 is 0 Å². The molecule has 0 bridgehead atoms. The molecule has 0 spiro atoms. The van der Waals surface area contributed by atoms with E-state index in [9.17, 15) is 9.59 Å². The molecule has 1 aromatic heterocycles. The van der Waals surface area contributed by atoms with Gasteiger partial charge in [-0.05, 0) is 44.9 Å². The van der Waals surface area contributed by atoms with Gasteiger partial charge in [0.2, 0.25) is 18.3 Å². The van der Waals surface area contributed by atoms with E-state index in [-0.39, 0.29) is 12.5 Å². The molecule has 8 heteroatoms. The minimum absolute atomic E-state index is 0.181. The smallest absolute Gasteiger partial charge is 0.248 e. The van der Waals surface area contributed by atoms with Crippen molar-refractivity contribution in [3.05, 3.63) is 41.4 Å². The molecule has 1 rings (SSSR count). The van der Waals surface area contributed by atoms with Crippen LogP contribution in [-0.2, 0) is 9.59 Å². The Morgan fingerprint density at radius 2 is 1.92 bits per heavy atom. The molecule has 2 N–H and O–H groups in total. The summed E-state index contributed by atoms with van der Waals surface area (Å²) in [6.45, 7) is 7.62. The van der Waals surface area contributed by atoms with Crippen molar-refractivity contribution >= 4 is 24.0 Å². The van der Waals surface area contributed by atoms with Gasteiger partial charge in [-0.2, -0.15) is 5.10 Å². The zero-order valence-electron chi connectivity index (χ0n) is 15.9. The topological polar surface area (TPSA) is 99.6 Å². The average Bonchev–Trinajstić information content (AvgIpc) is 2.63. The Hall–Kier alpha value is -3.03. The van der Waals surface area contributed by atoms with Crippen LogP contribution in [0.3, 0.4) is 0 Å². The first kappa shape index (κ1) is 21.0. The van der Waals surface area contributed by atoms with Crippen LogP contribution in [0.1, 0.15) is 34.1 Å². The Balaban J connectivity index is 2.97. The molecule has 1 heterocycles. The summed E-state index contributed by atoms with van der Waals surface area (Å²) in [6.07, 6.45) is 6.15. The number of hydrogen-bond acceptors (Lipinski definition) is 6. The average molecular weight is 358 g/mol. The zero-order valence-corrected chi connectivity index (χ0v) is 15.9. The monoisotopic (exact) mass is 358 g/mol. The molecule has 2 amide bonds. The van der Waals surface area contributed by atoms with E-state index in [0.717, 1.165) is 27.6 Å². The number of anilines is 1. The number of nitrogens with zero attached hydrogens (tertiary/aromatic N) is 4. The van der Waals surface area contributed by atoms with Crippen LogP contribution in [0.25, 0.3) is 0 Å². The van der Waals surface area contributed by atoms with Gasteiger partial charge in [0.15, 0.2) is 0 Å². The molecule has 0 fully saturated rings. The lowest BCUT2D eigenvalue weighted by Crippen LogP contribution is -2.30. The van der Waals surface area contributed by atoms with Crippen molar-refractivity contribution in [1.29, 1.82) is 0 Å². The lowest BCUT2D eigenvalue weighted by Gasteiger charge is -2.15. The van der Waals surface area contributed by atoms with E-state index in [0.29, 0.717) is 12.8 Å². The van der Waals surface area contributed by atoms with Crippen molar-refractivity contribution in [3.63, 3.8) is 0 Å². The first-order valence-corrected chi connectivity index (χ1v) is 8.31. The molecule has 1 aromatic rings. The Morgan fingerprint density at radius 3 is 2.42 bits per heavy atom. The van der Waals surface area contributed by atoms with Crippen LogP contribution in [0, 0.1) is 0 Å². The Labute approximate surface area is 154 Å². The Morgan fingerprint density at radius 1 is 1.27 bits per heavy atom. The van der Waals surface area contributed by atoms with Gasteiger partial charge in [0.05, 0.1) is 5.71 Å². The summed E-state index contributed by atoms with van der Waals surface area (Å²) < 4.78 is 0. The molecule has 0 saturated carbocycles. The predicted molar refractivity (Wildman–Crippen MR) is 102 cm³/mol. The van der Waals surface area contributed by atoms with Crippen molar-refractivity contribution in [2.45, 2.75) is 34.1 Å². The molecule has 0 radical (unpaired) electrons. The van der Waals surface area contributed by atoms with E-state index < -0.39 is 5.91 Å². The summed E-state index contributed by atoms with van der Waals surface area (Å²) in [5.74, 6) is -0.246. The number of carbonyl (C=O) groups excluding carboxylic acids is 2. The second-order valence-corrected chi connectivity index (χ2v) is 5.71. The molecule has 0 atom stereocenters. The second-order valence-electron chi connectivity index (χ2n) is 5.71. The number of hydrazone groups is 1. The molecule has 0 aliphatic rings. The summed E-state index contributed by atoms with van der Waals surface area (Å²) in [5.41, 5.74) is 3.68. The quantitative estimate of drug-likeness (QED) is 0.305. The lowest BCUT2D eigenvalue weighted by molar-refractivity contribution is -0.125. The van der Waals surface area contributed by atoms with Crippen LogP contribution in [0.4, 0.5) is 5.95 Å². The first-order valence-electron chi connectivity index (χ1n) is 8.31. The SMILES string of the molecule is CC/C(=N/N(C=O)CC(=O)Nc1ncccn1)C(/C=C(\C)NC)=C(C)C. The fourth-order valence-corrected chi connectivity index (χ4v) is 2.05. The van der Waals surface area contributed by atoms with Gasteiger partial charge < -0.3 is 5.32 Å². The minimum Gasteiger partial charge on any atom is -0.392 e. The molecular weight excluding hydrogens is 332 g/mol. The van der Waals surface area contributed by atoms with Crippen LogP contribution in [0.15, 0.2) is 46.5 Å². The highest BCUT2D eigenvalue weighted by atomic mass is 16.2. The fourth-order valence-electron chi connectivity index (χ4n) is 2.05. The third kappa shape index (κ3) is 6.84. The number of aromatic nitrogens is 2. The molecule has 8 nitrogen and oxygen atoms in total. The van der Waals surface area contributed by atoms with Crippen molar-refractivity contribution in [1.82, 2.24) is 20.3 Å². The molecule has 0 aliphatic heterocycles. The van der Waals surface area contributed by atoms with E-state index >= 15 is 0 Å². The second kappa shape index (κ2) is 10.8. The highest BCUT2D eigenvalue weighted by Gasteiger charge is 2.12. The highest BCUT2D eigenvalue weighted by Crippen LogP contribution is 2.13. The van der Waals surface area contributed by atoms with Gasteiger partial charge in [-0.1, -0.05) is 12.5 Å². The van der Waals surface area contributed by atoms with E-state index in [1.54, 1.807) is 6.07 Å². The standard InChI is InChI=1S/C18H26N6O2/c1-6-16(15(13(2)3)10-14(4)19-5)23-24(12-25)11-17(26)22-18-20-8-7-9-21-18/h7-10,12,19H,6,11H2,1-5H3,(H,20,21,22,26)/b14-10+,23-16-. The third-order valence-electron chi connectivity index (χ3n) is 3.43. The zero-order chi connectivity index (χ0) is 19.5. The van der Waals surface area contributed by atoms with Gasteiger partial charge in [-0.3, -0.25) is 14.9 Å². The summed E-state index contributed by atoms with van der Waals surface area (Å²) in [5, 5.41) is 11.0. The molecule has 26 heavy (non-hydrogen) atoms. The van der Waals surface area contributed by atoms with E-state index in [1.807, 2.05) is 40.8 Å². The van der Waals surface area contributed by atoms with E-state index in [1.165, 1.54) is 12.4 Å². The fraction of sp³-hybridized carbons (Fsp3) is 0.389. The van der Waals surface area contributed by atoms with Gasteiger partial charge in [-0.15, -0.1) is 0 Å². The van der Waals surface area contributed by atoms with Gasteiger partial charge in [0.25, 0.3) is 0 Å². The number of hydrogen-bond donors (Lipinski definition) is 2. The van der Waals surface area contributed by atoms with Gasteiger partial charge >= 0.3 is 0 Å². The lowest BCUT2D eigenvalue weighted by atomic mass is 10.0. The summed E-state index contributed by atoms with van der Waals surface area (Å²) in [6, 6.07) is 1.65. The van der Waals surface area contributed by atoms with Crippen LogP contribution < -0.4 is 10.6 Å². The number of amides is 2. The Kier molecular flexibility index (Phi) is 8.69. The molecule has 140 valence electrons. The van der Waals surface area contributed by atoms with Crippen molar-refractivity contribution < 1.29 is 9.59 Å². The maximum absolute atomic E-state index is 12.1. The van der Waals surface area contributed by atoms with Crippen molar-refractivity contribution in [2.24, 2.45) is 5.10 Å². The van der Waals surface area contributed by atoms with Crippen LogP contribution in [0.5, 0.6) is 0 Å². The summed E-state index contributed by atoms with van der Waals surface area (Å²) in [7, 11) is 1.84. The molecule has 0 saturated heterocycles. The number of nitrogens with one attached hydrogen (secondary N) is 2. The van der Waals surface area contributed by atoms with E-state index in [4.69, 9.17) is 0 Å². The van der Waals surface area contributed by atoms with Gasteiger partial charge in [0.1, 0.15) is 6.54 Å². The largest absolute Gasteiger partial charge is 0.392 e. The van der Waals surface area contributed by atoms with Gasteiger partial charge in [-0.25, -0.2) is 15.0 Å². The highest BCUT2D eigenvalue weighted by molar-refractivity contribution is 6.03. The van der Waals surface area contributed by atoms with Crippen LogP contribution in [-0.4, -0.2) is 46.6 Å². The Bertz CT molecular complexity index is 706. The number of carbonyl (C=O) groups is 2. The molecular formula is C18H26N6O2. The minimum atomic E-state index is -0.428. The predicted octanol–water partition coefficient (Wildman–Crippen LogP) is 2.10. The molecule has 0 aromatic carbocycles. The van der Waals surface area contributed by atoms with Crippen LogP contribution in [0.2, 0.25) is 0 Å². The summed E-state index contributed by atoms with van der Waals surface area (Å²) >= 11 is 0. The maximum atomic E-state index is 12.1. The first-order chi connectivity index (χ1) is 12.4. The molecule has 0 aliphatic carbocycles.